The molecule has 0 amide bonds. The highest BCUT2D eigenvalue weighted by molar-refractivity contribution is 5.83. The largest absolute Gasteiger partial charge is 0.463 e. The first-order valence-corrected chi connectivity index (χ1v) is 8.01. The maximum atomic E-state index is 12.5. The molecule has 136 valence electrons. The average Bonchev–Trinajstić information content (AvgIpc) is 2.66. The van der Waals surface area contributed by atoms with E-state index in [9.17, 15) is 9.59 Å². The van der Waals surface area contributed by atoms with Gasteiger partial charge in [-0.15, -0.1) is 0 Å². The van der Waals surface area contributed by atoms with Gasteiger partial charge in [0, 0.05) is 11.6 Å². The fourth-order valence-electron chi connectivity index (χ4n) is 2.60. The highest BCUT2D eigenvalue weighted by Crippen LogP contribution is 2.25. The summed E-state index contributed by atoms with van der Waals surface area (Å²) in [6.07, 6.45) is 0. The van der Waals surface area contributed by atoms with Crippen molar-refractivity contribution in [1.82, 2.24) is 0 Å². The summed E-state index contributed by atoms with van der Waals surface area (Å²) in [5, 5.41) is 9.15. The number of aliphatic hydroxyl groups is 1. The Morgan fingerprint density at radius 2 is 1.88 bits per heavy atom. The summed E-state index contributed by atoms with van der Waals surface area (Å²) in [5.74, 6) is -0.482. The second kappa shape index (κ2) is 8.42. The quantitative estimate of drug-likeness (QED) is 0.706. The van der Waals surface area contributed by atoms with E-state index in [0.29, 0.717) is 22.3 Å². The molecule has 1 aromatic heterocycles. The van der Waals surface area contributed by atoms with Crippen molar-refractivity contribution in [3.05, 3.63) is 70.4 Å². The Morgan fingerprint density at radius 1 is 1.15 bits per heavy atom. The molecule has 1 unspecified atom stereocenters. The van der Waals surface area contributed by atoms with Crippen LogP contribution >= 0.6 is 0 Å². The number of rotatable bonds is 5. The molecule has 26 heavy (non-hydrogen) atoms. The first kappa shape index (κ1) is 19.4. The van der Waals surface area contributed by atoms with Gasteiger partial charge in [0.25, 0.3) is 0 Å². The van der Waals surface area contributed by atoms with Crippen molar-refractivity contribution in [3.63, 3.8) is 0 Å². The van der Waals surface area contributed by atoms with Crippen molar-refractivity contribution in [2.24, 2.45) is 0 Å². The minimum absolute atomic E-state index is 0. The van der Waals surface area contributed by atoms with Crippen LogP contribution in [0.3, 0.4) is 0 Å². The summed E-state index contributed by atoms with van der Waals surface area (Å²) in [5.41, 5.74) is 1.78. The van der Waals surface area contributed by atoms with Crippen LogP contribution in [0, 0.1) is 0 Å². The lowest BCUT2D eigenvalue weighted by Crippen LogP contribution is -2.15. The van der Waals surface area contributed by atoms with E-state index in [1.165, 1.54) is 6.07 Å². The lowest BCUT2D eigenvalue weighted by atomic mass is 9.99. The number of ether oxygens (including phenoxy) is 1. The smallest absolute Gasteiger partial charge is 0.313 e. The summed E-state index contributed by atoms with van der Waals surface area (Å²) in [4.78, 5) is 24.4. The van der Waals surface area contributed by atoms with Gasteiger partial charge in [0.2, 0.25) is 0 Å². The normalized spacial score (nSPS) is 11.6. The van der Waals surface area contributed by atoms with Gasteiger partial charge < -0.3 is 19.7 Å². The van der Waals surface area contributed by atoms with Crippen LogP contribution in [-0.2, 0) is 9.53 Å². The average molecular weight is 356 g/mol. The minimum atomic E-state index is -0.538. The third kappa shape index (κ3) is 3.99. The summed E-state index contributed by atoms with van der Waals surface area (Å²) >= 11 is 0. The van der Waals surface area contributed by atoms with Crippen LogP contribution in [-0.4, -0.2) is 29.8 Å². The molecule has 0 saturated carbocycles. The topological polar surface area (TPSA) is 108 Å². The van der Waals surface area contributed by atoms with Gasteiger partial charge >= 0.3 is 5.97 Å². The molecule has 1 heterocycles. The number of fused-ring (bicyclic) bond motifs is 1. The molecular weight excluding hydrogens is 336 g/mol. The summed E-state index contributed by atoms with van der Waals surface area (Å²) in [6.45, 7) is 1.43. The van der Waals surface area contributed by atoms with Gasteiger partial charge in [0.1, 0.15) is 18.0 Å². The molecule has 0 fully saturated rings. The molecule has 1 atom stereocenters. The standard InChI is InChI=1S/C20H18O5.H2O/c1-13(20(23)24-10-9-21)15-7-8-18-16(11-15)17(22)12-19(25-18)14-5-3-2-4-6-14;/h2-8,11-13,21H,9-10H2,1H3;1H2. The molecule has 3 N–H and O–H groups in total. The molecule has 0 aliphatic carbocycles. The Morgan fingerprint density at radius 3 is 2.58 bits per heavy atom. The Bertz CT molecular complexity index is 945. The third-order valence-electron chi connectivity index (χ3n) is 4.00. The van der Waals surface area contributed by atoms with Gasteiger partial charge in [-0.1, -0.05) is 36.4 Å². The van der Waals surface area contributed by atoms with E-state index in [-0.39, 0.29) is 24.1 Å². The molecule has 2 aromatic carbocycles. The number of carbonyl (C=O) groups excluding carboxylic acids is 1. The predicted octanol–water partition coefficient (Wildman–Crippen LogP) is 2.27. The van der Waals surface area contributed by atoms with E-state index >= 15 is 0 Å². The Balaban J connectivity index is 0.00000243. The first-order chi connectivity index (χ1) is 12.1. The molecule has 0 bridgehead atoms. The molecule has 0 radical (unpaired) electrons. The third-order valence-corrected chi connectivity index (χ3v) is 4.00. The van der Waals surface area contributed by atoms with Crippen LogP contribution in [0.5, 0.6) is 0 Å². The van der Waals surface area contributed by atoms with Crippen LogP contribution < -0.4 is 5.43 Å². The lowest BCUT2D eigenvalue weighted by molar-refractivity contribution is -0.146. The number of aliphatic hydroxyl groups excluding tert-OH is 1. The number of esters is 1. The van der Waals surface area contributed by atoms with Gasteiger partial charge in [0.15, 0.2) is 5.43 Å². The summed E-state index contributed by atoms with van der Waals surface area (Å²) in [6, 6.07) is 15.9. The molecule has 6 heteroatoms. The zero-order valence-electron chi connectivity index (χ0n) is 14.3. The Hall–Kier alpha value is -2.96. The lowest BCUT2D eigenvalue weighted by Gasteiger charge is -2.12. The van der Waals surface area contributed by atoms with Crippen molar-refractivity contribution in [2.75, 3.05) is 13.2 Å². The van der Waals surface area contributed by atoms with E-state index in [1.807, 2.05) is 30.3 Å². The monoisotopic (exact) mass is 356 g/mol. The molecular formula is C20H20O6. The molecule has 6 nitrogen and oxygen atoms in total. The van der Waals surface area contributed by atoms with Crippen LogP contribution in [0.15, 0.2) is 63.8 Å². The van der Waals surface area contributed by atoms with E-state index in [4.69, 9.17) is 14.3 Å². The van der Waals surface area contributed by atoms with Crippen molar-refractivity contribution in [2.45, 2.75) is 12.8 Å². The summed E-state index contributed by atoms with van der Waals surface area (Å²) in [7, 11) is 0. The van der Waals surface area contributed by atoms with Crippen molar-refractivity contribution in [3.8, 4) is 11.3 Å². The Labute approximate surface area is 150 Å². The molecule has 0 spiro atoms. The van der Waals surface area contributed by atoms with E-state index in [0.717, 1.165) is 5.56 Å². The van der Waals surface area contributed by atoms with Crippen molar-refractivity contribution in [1.29, 1.82) is 0 Å². The minimum Gasteiger partial charge on any atom is -0.463 e. The van der Waals surface area contributed by atoms with Gasteiger partial charge in [0.05, 0.1) is 17.9 Å². The van der Waals surface area contributed by atoms with Gasteiger partial charge in [-0.3, -0.25) is 9.59 Å². The highest BCUT2D eigenvalue weighted by Gasteiger charge is 2.18. The second-order valence-electron chi connectivity index (χ2n) is 5.71. The van der Waals surface area contributed by atoms with Crippen LogP contribution in [0.4, 0.5) is 0 Å². The molecule has 0 aliphatic heterocycles. The fraction of sp³-hybridized carbons (Fsp3) is 0.200. The predicted molar refractivity (Wildman–Crippen MR) is 98.0 cm³/mol. The highest BCUT2D eigenvalue weighted by atomic mass is 16.5. The van der Waals surface area contributed by atoms with E-state index in [2.05, 4.69) is 0 Å². The summed E-state index contributed by atoms with van der Waals surface area (Å²) < 4.78 is 10.8. The molecule has 0 saturated heterocycles. The zero-order valence-corrected chi connectivity index (χ0v) is 14.3. The van der Waals surface area contributed by atoms with Gasteiger partial charge in [-0.05, 0) is 24.6 Å². The molecule has 0 aliphatic rings. The van der Waals surface area contributed by atoms with Crippen LogP contribution in [0.2, 0.25) is 0 Å². The fourth-order valence-corrected chi connectivity index (χ4v) is 2.60. The van der Waals surface area contributed by atoms with E-state index < -0.39 is 11.9 Å². The van der Waals surface area contributed by atoms with Crippen molar-refractivity contribution < 1.29 is 24.5 Å². The first-order valence-electron chi connectivity index (χ1n) is 8.01. The maximum Gasteiger partial charge on any atom is 0.313 e. The molecule has 3 rings (SSSR count). The number of carbonyl (C=O) groups is 1. The number of benzene rings is 2. The number of hydrogen-bond donors (Lipinski definition) is 1. The number of hydrogen-bond acceptors (Lipinski definition) is 5. The van der Waals surface area contributed by atoms with Gasteiger partial charge in [-0.2, -0.15) is 0 Å². The van der Waals surface area contributed by atoms with Crippen LogP contribution in [0.25, 0.3) is 22.3 Å². The second-order valence-corrected chi connectivity index (χ2v) is 5.71. The van der Waals surface area contributed by atoms with Gasteiger partial charge in [-0.25, -0.2) is 0 Å². The maximum absolute atomic E-state index is 12.5. The Kier molecular flexibility index (Phi) is 6.27. The van der Waals surface area contributed by atoms with Crippen molar-refractivity contribution >= 4 is 16.9 Å². The SMILES string of the molecule is CC(C(=O)OCCO)c1ccc2oc(-c3ccccc3)cc(=O)c2c1.O. The van der Waals surface area contributed by atoms with Crippen LogP contribution in [0.1, 0.15) is 18.4 Å². The zero-order chi connectivity index (χ0) is 17.8. The molecule has 3 aromatic rings. The van der Waals surface area contributed by atoms with E-state index in [1.54, 1.807) is 25.1 Å².